The van der Waals surface area contributed by atoms with Gasteiger partial charge in [0.15, 0.2) is 0 Å². The Morgan fingerprint density at radius 2 is 2.17 bits per heavy atom. The predicted molar refractivity (Wildman–Crippen MR) is 66.0 cm³/mol. The standard InChI is InChI=1S/C12H17N5O/c1-11(2)7-4-5-12(11,3)9-8(7)16-17-10(15-9)13-6-14-18/h6-7,18H,4-5H2,1-3H3,(H,13,14,15,17)/t7-,12+/m1/s1. The Kier molecular flexibility index (Phi) is 2.22. The third-order valence-corrected chi connectivity index (χ3v) is 5.02. The topological polar surface area (TPSA) is 83.3 Å². The lowest BCUT2D eigenvalue weighted by molar-refractivity contribution is 0.227. The normalized spacial score (nSPS) is 31.9. The third-order valence-electron chi connectivity index (χ3n) is 5.02. The van der Waals surface area contributed by atoms with Gasteiger partial charge in [-0.05, 0) is 18.3 Å². The molecule has 96 valence electrons. The van der Waals surface area contributed by atoms with Crippen molar-refractivity contribution in [1.29, 1.82) is 0 Å². The van der Waals surface area contributed by atoms with Crippen molar-refractivity contribution in [2.24, 2.45) is 10.4 Å². The average molecular weight is 247 g/mol. The van der Waals surface area contributed by atoms with Gasteiger partial charge in [0.25, 0.3) is 5.95 Å². The fourth-order valence-electron chi connectivity index (χ4n) is 3.51. The van der Waals surface area contributed by atoms with Gasteiger partial charge in [-0.15, -0.1) is 10.2 Å². The largest absolute Gasteiger partial charge is 0.290 e. The number of aliphatic imine (C=N–C) groups is 1. The summed E-state index contributed by atoms with van der Waals surface area (Å²) in [6.45, 7) is 6.82. The van der Waals surface area contributed by atoms with Gasteiger partial charge in [-0.2, -0.15) is 4.99 Å². The van der Waals surface area contributed by atoms with E-state index in [0.717, 1.165) is 30.6 Å². The first-order chi connectivity index (χ1) is 8.50. The van der Waals surface area contributed by atoms with E-state index in [-0.39, 0.29) is 10.8 Å². The summed E-state index contributed by atoms with van der Waals surface area (Å²) < 4.78 is 0. The molecule has 3 rings (SSSR count). The first-order valence-electron chi connectivity index (χ1n) is 6.18. The number of hydrogen-bond acceptors (Lipinski definition) is 5. The molecule has 0 saturated heterocycles. The summed E-state index contributed by atoms with van der Waals surface area (Å²) in [7, 11) is 0. The minimum atomic E-state index is 0.0554. The molecule has 0 radical (unpaired) electrons. The van der Waals surface area contributed by atoms with Crippen LogP contribution in [0.15, 0.2) is 4.99 Å². The van der Waals surface area contributed by atoms with E-state index in [9.17, 15) is 0 Å². The zero-order valence-electron chi connectivity index (χ0n) is 10.8. The van der Waals surface area contributed by atoms with E-state index in [1.54, 1.807) is 0 Å². The van der Waals surface area contributed by atoms with Crippen molar-refractivity contribution in [3.63, 3.8) is 0 Å². The molecule has 0 amide bonds. The van der Waals surface area contributed by atoms with Crippen LogP contribution in [0.4, 0.5) is 5.95 Å². The molecule has 2 atom stereocenters. The Morgan fingerprint density at radius 3 is 2.89 bits per heavy atom. The van der Waals surface area contributed by atoms with Crippen LogP contribution in [-0.4, -0.2) is 26.7 Å². The van der Waals surface area contributed by atoms with E-state index in [2.05, 4.69) is 40.9 Å². The van der Waals surface area contributed by atoms with Gasteiger partial charge in [0.2, 0.25) is 0 Å². The van der Waals surface area contributed by atoms with Crippen LogP contribution >= 0.6 is 0 Å². The zero-order chi connectivity index (χ0) is 13.0. The highest BCUT2D eigenvalue weighted by Gasteiger charge is 2.61. The molecule has 2 N–H and O–H groups in total. The maximum atomic E-state index is 8.48. The lowest BCUT2D eigenvalue weighted by atomic mass is 9.70. The minimum Gasteiger partial charge on any atom is -0.290 e. The molecule has 1 aromatic rings. The maximum Gasteiger partial charge on any atom is 0.270 e. The van der Waals surface area contributed by atoms with Gasteiger partial charge in [-0.25, -0.2) is 4.98 Å². The fraction of sp³-hybridized carbons (Fsp3) is 0.667. The van der Waals surface area contributed by atoms with E-state index in [1.165, 1.54) is 0 Å². The van der Waals surface area contributed by atoms with Crippen LogP contribution < -0.4 is 5.48 Å². The smallest absolute Gasteiger partial charge is 0.270 e. The Morgan fingerprint density at radius 1 is 1.39 bits per heavy atom. The van der Waals surface area contributed by atoms with Crippen molar-refractivity contribution in [1.82, 2.24) is 20.7 Å². The van der Waals surface area contributed by atoms with Crippen LogP contribution in [0.2, 0.25) is 0 Å². The first kappa shape index (κ1) is 11.5. The Labute approximate surface area is 106 Å². The summed E-state index contributed by atoms with van der Waals surface area (Å²) in [5, 5.41) is 16.8. The molecule has 0 aromatic carbocycles. The van der Waals surface area contributed by atoms with Gasteiger partial charge < -0.3 is 0 Å². The van der Waals surface area contributed by atoms with Crippen LogP contribution in [0, 0.1) is 5.41 Å². The number of hydroxylamine groups is 1. The molecule has 1 heterocycles. The third kappa shape index (κ3) is 1.21. The Balaban J connectivity index is 2.11. The van der Waals surface area contributed by atoms with Crippen LogP contribution in [0.5, 0.6) is 0 Å². The molecule has 1 saturated carbocycles. The lowest BCUT2D eigenvalue weighted by Gasteiger charge is -2.33. The second-order valence-corrected chi connectivity index (χ2v) is 5.88. The molecule has 2 bridgehead atoms. The van der Waals surface area contributed by atoms with Gasteiger partial charge in [0.05, 0.1) is 11.4 Å². The van der Waals surface area contributed by atoms with Crippen molar-refractivity contribution in [2.75, 3.05) is 0 Å². The summed E-state index contributed by atoms with van der Waals surface area (Å²) in [6, 6.07) is 0. The molecule has 1 fully saturated rings. The zero-order valence-corrected chi connectivity index (χ0v) is 10.8. The van der Waals surface area contributed by atoms with Gasteiger partial charge in [-0.3, -0.25) is 10.7 Å². The number of nitrogens with one attached hydrogen (secondary N) is 1. The molecule has 2 aliphatic carbocycles. The second-order valence-electron chi connectivity index (χ2n) is 5.88. The van der Waals surface area contributed by atoms with Crippen molar-refractivity contribution in [3.8, 4) is 0 Å². The molecular weight excluding hydrogens is 230 g/mol. The highest BCUT2D eigenvalue weighted by molar-refractivity contribution is 5.56. The average Bonchev–Trinajstić information content (AvgIpc) is 2.67. The van der Waals surface area contributed by atoms with Crippen LogP contribution in [0.25, 0.3) is 0 Å². The van der Waals surface area contributed by atoms with Crippen LogP contribution in [0.3, 0.4) is 0 Å². The van der Waals surface area contributed by atoms with E-state index in [1.807, 2.05) is 5.48 Å². The number of nitrogens with zero attached hydrogens (tertiary/aromatic N) is 4. The Bertz CT molecular complexity index is 527. The van der Waals surface area contributed by atoms with Gasteiger partial charge in [0, 0.05) is 11.3 Å². The van der Waals surface area contributed by atoms with E-state index >= 15 is 0 Å². The highest BCUT2D eigenvalue weighted by atomic mass is 16.5. The minimum absolute atomic E-state index is 0.0554. The lowest BCUT2D eigenvalue weighted by Crippen LogP contribution is -2.32. The summed E-state index contributed by atoms with van der Waals surface area (Å²) in [6.07, 6.45) is 3.44. The molecule has 6 heteroatoms. The molecule has 0 unspecified atom stereocenters. The van der Waals surface area contributed by atoms with Crippen LogP contribution in [-0.2, 0) is 5.41 Å². The van der Waals surface area contributed by atoms with Crippen molar-refractivity contribution in [3.05, 3.63) is 11.4 Å². The molecule has 0 spiro atoms. The molecule has 2 aliphatic rings. The van der Waals surface area contributed by atoms with E-state index in [0.29, 0.717) is 11.9 Å². The summed E-state index contributed by atoms with van der Waals surface area (Å²) in [5.41, 5.74) is 4.14. The molecular formula is C12H17N5O. The molecule has 1 aromatic heterocycles. The number of fused-ring (bicyclic) bond motifs is 5. The Hall–Kier alpha value is -1.56. The summed E-state index contributed by atoms with van der Waals surface area (Å²) in [4.78, 5) is 8.41. The highest BCUT2D eigenvalue weighted by Crippen LogP contribution is 2.66. The SMILES string of the molecule is CC1(C)[C@@H]2CC[C@@]1(C)c1nc(/N=C/NO)nnc12. The number of hydrogen-bond donors (Lipinski definition) is 2. The monoisotopic (exact) mass is 247 g/mol. The van der Waals surface area contributed by atoms with Crippen molar-refractivity contribution >= 4 is 12.3 Å². The van der Waals surface area contributed by atoms with Gasteiger partial charge in [-0.1, -0.05) is 20.8 Å². The van der Waals surface area contributed by atoms with E-state index in [4.69, 9.17) is 5.21 Å². The molecule has 0 aliphatic heterocycles. The van der Waals surface area contributed by atoms with E-state index < -0.39 is 0 Å². The maximum absolute atomic E-state index is 8.48. The number of rotatable bonds is 2. The van der Waals surface area contributed by atoms with Gasteiger partial charge in [0.1, 0.15) is 6.34 Å². The van der Waals surface area contributed by atoms with Gasteiger partial charge >= 0.3 is 0 Å². The molecule has 6 nitrogen and oxygen atoms in total. The molecule has 18 heavy (non-hydrogen) atoms. The van der Waals surface area contributed by atoms with Crippen molar-refractivity contribution in [2.45, 2.75) is 44.9 Å². The summed E-state index contributed by atoms with van der Waals surface area (Å²) in [5.74, 6) is 0.742. The summed E-state index contributed by atoms with van der Waals surface area (Å²) >= 11 is 0. The first-order valence-corrected chi connectivity index (χ1v) is 6.18. The quantitative estimate of drug-likeness (QED) is 0.472. The van der Waals surface area contributed by atoms with Crippen molar-refractivity contribution < 1.29 is 5.21 Å². The predicted octanol–water partition coefficient (Wildman–Crippen LogP) is 1.69. The fourth-order valence-corrected chi connectivity index (χ4v) is 3.51. The van der Waals surface area contributed by atoms with Crippen LogP contribution in [0.1, 0.15) is 50.9 Å². The second kappa shape index (κ2) is 3.47. The number of aromatic nitrogens is 3.